The van der Waals surface area contributed by atoms with Crippen LogP contribution < -0.4 is 10.6 Å². The monoisotopic (exact) mass is 307 g/mol. The number of amides is 1. The lowest BCUT2D eigenvalue weighted by atomic mass is 9.97. The Morgan fingerprint density at radius 1 is 1.35 bits per heavy atom. The van der Waals surface area contributed by atoms with Crippen molar-refractivity contribution in [2.24, 2.45) is 0 Å². The number of rotatable bonds is 3. The molecule has 0 fully saturated rings. The predicted molar refractivity (Wildman–Crippen MR) is 88.9 cm³/mol. The number of nitrogens with one attached hydrogen (secondary N) is 2. The first-order chi connectivity index (χ1) is 11.1. The van der Waals surface area contributed by atoms with Gasteiger partial charge in [-0.1, -0.05) is 12.1 Å². The van der Waals surface area contributed by atoms with Crippen molar-refractivity contribution in [2.45, 2.75) is 6.42 Å². The third-order valence-electron chi connectivity index (χ3n) is 3.98. The summed E-state index contributed by atoms with van der Waals surface area (Å²) in [5, 5.41) is 15.4. The molecule has 23 heavy (non-hydrogen) atoms. The molecule has 0 saturated carbocycles. The van der Waals surface area contributed by atoms with Gasteiger partial charge in [0.05, 0.1) is 22.5 Å². The molecule has 1 aromatic carbocycles. The number of nitrogens with zero attached hydrogens (tertiary/aromatic N) is 3. The molecule has 1 amide bonds. The quantitative estimate of drug-likeness (QED) is 0.910. The van der Waals surface area contributed by atoms with Gasteiger partial charge < -0.3 is 15.5 Å². The van der Waals surface area contributed by atoms with E-state index in [1.54, 1.807) is 25.1 Å². The zero-order valence-electron chi connectivity index (χ0n) is 13.1. The number of aromatic nitrogens is 1. The number of carbonyl (C=O) groups is 1. The molecule has 6 heteroatoms. The van der Waals surface area contributed by atoms with Crippen molar-refractivity contribution in [3.05, 3.63) is 47.2 Å². The summed E-state index contributed by atoms with van der Waals surface area (Å²) in [7, 11) is 3.56. The van der Waals surface area contributed by atoms with Crippen LogP contribution in [0.1, 0.15) is 21.5 Å². The van der Waals surface area contributed by atoms with Crippen LogP contribution in [0, 0.1) is 11.3 Å². The van der Waals surface area contributed by atoms with E-state index in [-0.39, 0.29) is 5.91 Å². The Balaban J connectivity index is 2.05. The molecule has 1 aliphatic heterocycles. The van der Waals surface area contributed by atoms with Gasteiger partial charge in [-0.2, -0.15) is 5.26 Å². The first-order valence-corrected chi connectivity index (χ1v) is 7.36. The van der Waals surface area contributed by atoms with Crippen LogP contribution in [0.15, 0.2) is 30.5 Å². The van der Waals surface area contributed by atoms with Crippen molar-refractivity contribution < 1.29 is 4.79 Å². The summed E-state index contributed by atoms with van der Waals surface area (Å²) in [6.45, 7) is 0.720. The third kappa shape index (κ3) is 2.69. The van der Waals surface area contributed by atoms with E-state index >= 15 is 0 Å². The van der Waals surface area contributed by atoms with Crippen LogP contribution in [0.5, 0.6) is 0 Å². The van der Waals surface area contributed by atoms with Gasteiger partial charge in [0.25, 0.3) is 5.91 Å². The molecule has 0 unspecified atom stereocenters. The second kappa shape index (κ2) is 5.97. The Kier molecular flexibility index (Phi) is 3.85. The van der Waals surface area contributed by atoms with E-state index in [0.717, 1.165) is 18.5 Å². The van der Waals surface area contributed by atoms with Crippen molar-refractivity contribution >= 4 is 23.1 Å². The fourth-order valence-corrected chi connectivity index (χ4v) is 2.68. The standard InChI is InChI=1S/C17H17N5O/c1-19-15-8-14(12(9-18)10-20-15)21-13-5-3-4-11-6-7-22(2)17(23)16(11)13/h3-5,8,10H,6-7H2,1-2H3,(H2,19,20,21). The second-order valence-electron chi connectivity index (χ2n) is 5.42. The van der Waals surface area contributed by atoms with Crippen LogP contribution in [0.3, 0.4) is 0 Å². The number of hydrogen-bond acceptors (Lipinski definition) is 5. The molecule has 2 aromatic rings. The summed E-state index contributed by atoms with van der Waals surface area (Å²) in [6, 6.07) is 9.63. The topological polar surface area (TPSA) is 81.0 Å². The van der Waals surface area contributed by atoms with Crippen molar-refractivity contribution in [3.8, 4) is 6.07 Å². The van der Waals surface area contributed by atoms with Crippen molar-refractivity contribution in [3.63, 3.8) is 0 Å². The van der Waals surface area contributed by atoms with E-state index in [1.807, 2.05) is 18.2 Å². The number of anilines is 3. The second-order valence-corrected chi connectivity index (χ2v) is 5.42. The van der Waals surface area contributed by atoms with Crippen LogP contribution in [0.2, 0.25) is 0 Å². The predicted octanol–water partition coefficient (Wildman–Crippen LogP) is 2.37. The Labute approximate surface area is 134 Å². The van der Waals surface area contributed by atoms with E-state index in [1.165, 1.54) is 6.20 Å². The summed E-state index contributed by atoms with van der Waals surface area (Å²) >= 11 is 0. The first-order valence-electron chi connectivity index (χ1n) is 7.36. The van der Waals surface area contributed by atoms with Gasteiger partial charge in [0.15, 0.2) is 0 Å². The number of carbonyl (C=O) groups excluding carboxylic acids is 1. The maximum Gasteiger partial charge on any atom is 0.255 e. The molecular formula is C17H17N5O. The molecule has 0 radical (unpaired) electrons. The SMILES string of the molecule is CNc1cc(Nc2cccc3c2C(=O)N(C)CC3)c(C#N)cn1. The Morgan fingerprint density at radius 2 is 2.17 bits per heavy atom. The van der Waals surface area contributed by atoms with Crippen molar-refractivity contribution in [1.82, 2.24) is 9.88 Å². The molecule has 2 heterocycles. The van der Waals surface area contributed by atoms with Crippen molar-refractivity contribution in [1.29, 1.82) is 5.26 Å². The van der Waals surface area contributed by atoms with Crippen molar-refractivity contribution in [2.75, 3.05) is 31.3 Å². The highest BCUT2D eigenvalue weighted by Gasteiger charge is 2.24. The highest BCUT2D eigenvalue weighted by molar-refractivity contribution is 6.02. The van der Waals surface area contributed by atoms with Gasteiger partial charge in [-0.05, 0) is 18.1 Å². The van der Waals surface area contributed by atoms with Gasteiger partial charge in [-0.3, -0.25) is 4.79 Å². The van der Waals surface area contributed by atoms with Gasteiger partial charge in [0.2, 0.25) is 0 Å². The fraction of sp³-hybridized carbons (Fsp3) is 0.235. The number of benzene rings is 1. The summed E-state index contributed by atoms with van der Waals surface area (Å²) in [5.41, 5.74) is 3.47. The number of hydrogen-bond donors (Lipinski definition) is 2. The smallest absolute Gasteiger partial charge is 0.255 e. The molecule has 3 rings (SSSR count). The summed E-state index contributed by atoms with van der Waals surface area (Å²) in [6.07, 6.45) is 2.34. The highest BCUT2D eigenvalue weighted by atomic mass is 16.2. The van der Waals surface area contributed by atoms with E-state index in [9.17, 15) is 10.1 Å². The average molecular weight is 307 g/mol. The molecule has 0 atom stereocenters. The van der Waals surface area contributed by atoms with Gasteiger partial charge in [-0.15, -0.1) is 0 Å². The molecule has 6 nitrogen and oxygen atoms in total. The first kappa shape index (κ1) is 14.9. The lowest BCUT2D eigenvalue weighted by molar-refractivity contribution is 0.0782. The molecular weight excluding hydrogens is 290 g/mol. The van der Waals surface area contributed by atoms with Crippen LogP contribution in [0.25, 0.3) is 0 Å². The molecule has 0 spiro atoms. The van der Waals surface area contributed by atoms with E-state index < -0.39 is 0 Å². The Bertz CT molecular complexity index is 809. The number of nitriles is 1. The van der Waals surface area contributed by atoms with Crippen LogP contribution in [-0.4, -0.2) is 36.4 Å². The average Bonchev–Trinajstić information content (AvgIpc) is 2.58. The molecule has 0 saturated heterocycles. The number of pyridine rings is 1. The third-order valence-corrected chi connectivity index (χ3v) is 3.98. The minimum absolute atomic E-state index is 0.00393. The van der Waals surface area contributed by atoms with Gasteiger partial charge in [0, 0.05) is 32.9 Å². The Hall–Kier alpha value is -3.07. The molecule has 1 aromatic heterocycles. The van der Waals surface area contributed by atoms with Gasteiger partial charge in [-0.25, -0.2) is 4.98 Å². The zero-order chi connectivity index (χ0) is 16.4. The highest BCUT2D eigenvalue weighted by Crippen LogP contribution is 2.30. The maximum atomic E-state index is 12.5. The summed E-state index contributed by atoms with van der Waals surface area (Å²) in [5.74, 6) is 0.649. The largest absolute Gasteiger partial charge is 0.373 e. The van der Waals surface area contributed by atoms with Gasteiger partial charge >= 0.3 is 0 Å². The molecule has 1 aliphatic rings. The minimum Gasteiger partial charge on any atom is -0.373 e. The Morgan fingerprint density at radius 3 is 2.91 bits per heavy atom. The number of likely N-dealkylation sites (N-methyl/N-ethyl adjacent to an activating group) is 1. The van der Waals surface area contributed by atoms with Crippen LogP contribution in [-0.2, 0) is 6.42 Å². The minimum atomic E-state index is -0.00393. The van der Waals surface area contributed by atoms with Gasteiger partial charge in [0.1, 0.15) is 11.9 Å². The molecule has 0 aliphatic carbocycles. The summed E-state index contributed by atoms with van der Waals surface area (Å²) in [4.78, 5) is 18.3. The van der Waals surface area contributed by atoms with Crippen LogP contribution >= 0.6 is 0 Å². The maximum absolute atomic E-state index is 12.5. The normalized spacial score (nSPS) is 13.3. The fourth-order valence-electron chi connectivity index (χ4n) is 2.68. The molecule has 2 N–H and O–H groups in total. The molecule has 0 bridgehead atoms. The lowest BCUT2D eigenvalue weighted by Gasteiger charge is -2.27. The number of fused-ring (bicyclic) bond motifs is 1. The zero-order valence-corrected chi connectivity index (χ0v) is 13.1. The van der Waals surface area contributed by atoms with E-state index in [4.69, 9.17) is 0 Å². The lowest BCUT2D eigenvalue weighted by Crippen LogP contribution is -2.34. The van der Waals surface area contributed by atoms with Crippen LogP contribution in [0.4, 0.5) is 17.2 Å². The van der Waals surface area contributed by atoms with E-state index in [0.29, 0.717) is 28.3 Å². The van der Waals surface area contributed by atoms with E-state index in [2.05, 4.69) is 21.7 Å². The summed E-state index contributed by atoms with van der Waals surface area (Å²) < 4.78 is 0. The molecule has 116 valence electrons.